The Labute approximate surface area is 121 Å². The molecule has 2 rings (SSSR count). The molecule has 0 fully saturated rings. The van der Waals surface area contributed by atoms with Crippen molar-refractivity contribution in [1.82, 2.24) is 5.32 Å². The molecule has 20 heavy (non-hydrogen) atoms. The summed E-state index contributed by atoms with van der Waals surface area (Å²) >= 11 is 0. The van der Waals surface area contributed by atoms with E-state index in [0.717, 1.165) is 35.9 Å². The van der Waals surface area contributed by atoms with Crippen LogP contribution in [0.25, 0.3) is 0 Å². The molecule has 1 aliphatic rings. The Bertz CT molecular complexity index is 483. The average Bonchev–Trinajstić information content (AvgIpc) is 2.87. The fraction of sp³-hybridized carbons (Fsp3) is 0.562. The number of amidine groups is 1. The number of hydrogen-bond donors (Lipinski definition) is 1. The molecule has 4 heteroatoms. The lowest BCUT2D eigenvalue weighted by Crippen LogP contribution is -2.30. The van der Waals surface area contributed by atoms with Gasteiger partial charge in [-0.2, -0.15) is 0 Å². The Morgan fingerprint density at radius 3 is 2.85 bits per heavy atom. The van der Waals surface area contributed by atoms with E-state index in [9.17, 15) is 0 Å². The topological polar surface area (TPSA) is 42.9 Å². The molecular formula is C16H24N2O2. The molecule has 0 saturated carbocycles. The van der Waals surface area contributed by atoms with Gasteiger partial charge in [0.05, 0.1) is 25.3 Å². The lowest BCUT2D eigenvalue weighted by molar-refractivity contribution is 0.240. The summed E-state index contributed by atoms with van der Waals surface area (Å²) in [5.41, 5.74) is 1.01. The van der Waals surface area contributed by atoms with Crippen molar-refractivity contribution in [3.05, 3.63) is 23.8 Å². The van der Waals surface area contributed by atoms with Gasteiger partial charge in [0.2, 0.25) is 0 Å². The molecule has 0 amide bonds. The Kier molecular flexibility index (Phi) is 4.88. The molecule has 0 aromatic heterocycles. The van der Waals surface area contributed by atoms with Gasteiger partial charge in [-0.05, 0) is 32.4 Å². The van der Waals surface area contributed by atoms with Crippen LogP contribution in [0.3, 0.4) is 0 Å². The molecule has 1 unspecified atom stereocenters. The molecule has 0 saturated heterocycles. The van der Waals surface area contributed by atoms with Crippen molar-refractivity contribution < 1.29 is 9.47 Å². The molecule has 0 radical (unpaired) electrons. The first-order chi connectivity index (χ1) is 9.63. The maximum Gasteiger partial charge on any atom is 0.134 e. The van der Waals surface area contributed by atoms with E-state index < -0.39 is 0 Å². The second-order valence-corrected chi connectivity index (χ2v) is 5.35. The largest absolute Gasteiger partial charge is 0.497 e. The van der Waals surface area contributed by atoms with Crippen LogP contribution in [0.5, 0.6) is 11.5 Å². The highest BCUT2D eigenvalue weighted by Crippen LogP contribution is 2.27. The zero-order valence-corrected chi connectivity index (χ0v) is 12.8. The summed E-state index contributed by atoms with van der Waals surface area (Å²) in [6.45, 7) is 7.08. The van der Waals surface area contributed by atoms with Crippen LogP contribution in [0.1, 0.15) is 39.2 Å². The van der Waals surface area contributed by atoms with Crippen molar-refractivity contribution in [2.24, 2.45) is 4.99 Å². The van der Waals surface area contributed by atoms with Crippen LogP contribution in [0.4, 0.5) is 0 Å². The molecule has 1 N–H and O–H groups in total. The highest BCUT2D eigenvalue weighted by atomic mass is 16.5. The van der Waals surface area contributed by atoms with E-state index in [1.807, 2.05) is 32.0 Å². The fourth-order valence-electron chi connectivity index (χ4n) is 2.34. The van der Waals surface area contributed by atoms with Gasteiger partial charge in [-0.25, -0.2) is 0 Å². The smallest absolute Gasteiger partial charge is 0.134 e. The lowest BCUT2D eigenvalue weighted by Gasteiger charge is -2.17. The van der Waals surface area contributed by atoms with Crippen LogP contribution in [0.2, 0.25) is 0 Å². The van der Waals surface area contributed by atoms with Crippen LogP contribution >= 0.6 is 0 Å². The maximum absolute atomic E-state index is 5.89. The minimum Gasteiger partial charge on any atom is -0.497 e. The summed E-state index contributed by atoms with van der Waals surface area (Å²) < 4.78 is 11.2. The Hall–Kier alpha value is -1.71. The van der Waals surface area contributed by atoms with Crippen molar-refractivity contribution in [3.63, 3.8) is 0 Å². The standard InChI is InChI=1S/C16H24N2O2/c1-5-6-12-10-17-16(18-12)14-8-7-13(19-4)9-15(14)20-11(2)3/h7-9,11-12H,5-6,10H2,1-4H3,(H,17,18). The Morgan fingerprint density at radius 1 is 1.40 bits per heavy atom. The van der Waals surface area contributed by atoms with Crippen LogP contribution in [-0.4, -0.2) is 31.6 Å². The SMILES string of the molecule is CCCC1CN=C(c2ccc(OC)cc2OC(C)C)N1. The van der Waals surface area contributed by atoms with Crippen molar-refractivity contribution in [2.75, 3.05) is 13.7 Å². The Morgan fingerprint density at radius 2 is 2.20 bits per heavy atom. The number of aliphatic imine (C=N–C) groups is 1. The van der Waals surface area contributed by atoms with Crippen molar-refractivity contribution >= 4 is 5.84 Å². The summed E-state index contributed by atoms with van der Waals surface area (Å²) in [7, 11) is 1.66. The molecule has 0 aliphatic carbocycles. The zero-order valence-electron chi connectivity index (χ0n) is 12.8. The third kappa shape index (κ3) is 3.44. The molecule has 4 nitrogen and oxygen atoms in total. The van der Waals surface area contributed by atoms with E-state index in [-0.39, 0.29) is 6.10 Å². The summed E-state index contributed by atoms with van der Waals surface area (Å²) in [5.74, 6) is 2.55. The summed E-state index contributed by atoms with van der Waals surface area (Å²) in [6, 6.07) is 6.33. The zero-order chi connectivity index (χ0) is 14.5. The second kappa shape index (κ2) is 6.64. The summed E-state index contributed by atoms with van der Waals surface area (Å²) in [5, 5.41) is 3.49. The molecule has 1 aliphatic heterocycles. The van der Waals surface area contributed by atoms with Gasteiger partial charge < -0.3 is 14.8 Å². The molecule has 0 spiro atoms. The lowest BCUT2D eigenvalue weighted by atomic mass is 10.1. The molecule has 1 aromatic carbocycles. The van der Waals surface area contributed by atoms with E-state index in [0.29, 0.717) is 6.04 Å². The van der Waals surface area contributed by atoms with E-state index in [4.69, 9.17) is 9.47 Å². The van der Waals surface area contributed by atoms with Crippen molar-refractivity contribution in [3.8, 4) is 11.5 Å². The first-order valence-corrected chi connectivity index (χ1v) is 7.30. The third-order valence-electron chi connectivity index (χ3n) is 3.25. The van der Waals surface area contributed by atoms with E-state index in [1.54, 1.807) is 7.11 Å². The number of benzene rings is 1. The highest BCUT2D eigenvalue weighted by Gasteiger charge is 2.21. The van der Waals surface area contributed by atoms with E-state index in [1.165, 1.54) is 6.42 Å². The second-order valence-electron chi connectivity index (χ2n) is 5.35. The number of methoxy groups -OCH3 is 1. The first kappa shape index (κ1) is 14.7. The van der Waals surface area contributed by atoms with Gasteiger partial charge in [0, 0.05) is 12.1 Å². The predicted octanol–water partition coefficient (Wildman–Crippen LogP) is 3.00. The molecular weight excluding hydrogens is 252 g/mol. The predicted molar refractivity (Wildman–Crippen MR) is 82.0 cm³/mol. The van der Waals surface area contributed by atoms with E-state index >= 15 is 0 Å². The molecule has 1 atom stereocenters. The third-order valence-corrected chi connectivity index (χ3v) is 3.25. The first-order valence-electron chi connectivity index (χ1n) is 7.30. The average molecular weight is 276 g/mol. The number of ether oxygens (including phenoxy) is 2. The molecule has 0 bridgehead atoms. The van der Waals surface area contributed by atoms with Crippen LogP contribution in [-0.2, 0) is 0 Å². The van der Waals surface area contributed by atoms with Gasteiger partial charge in [-0.1, -0.05) is 13.3 Å². The van der Waals surface area contributed by atoms with Gasteiger partial charge in [-0.15, -0.1) is 0 Å². The van der Waals surface area contributed by atoms with Crippen LogP contribution < -0.4 is 14.8 Å². The summed E-state index contributed by atoms with van der Waals surface area (Å²) in [4.78, 5) is 4.61. The van der Waals surface area contributed by atoms with Gasteiger partial charge in [0.1, 0.15) is 17.3 Å². The van der Waals surface area contributed by atoms with Crippen LogP contribution in [0.15, 0.2) is 23.2 Å². The number of rotatable bonds is 6. The van der Waals surface area contributed by atoms with Crippen molar-refractivity contribution in [1.29, 1.82) is 0 Å². The van der Waals surface area contributed by atoms with Crippen molar-refractivity contribution in [2.45, 2.75) is 45.8 Å². The number of hydrogen-bond acceptors (Lipinski definition) is 4. The summed E-state index contributed by atoms with van der Waals surface area (Å²) in [6.07, 6.45) is 2.43. The normalized spacial score (nSPS) is 17.9. The van der Waals surface area contributed by atoms with Gasteiger partial charge in [0.25, 0.3) is 0 Å². The number of nitrogens with one attached hydrogen (secondary N) is 1. The molecule has 110 valence electrons. The van der Waals surface area contributed by atoms with E-state index in [2.05, 4.69) is 17.2 Å². The van der Waals surface area contributed by atoms with Crippen LogP contribution in [0, 0.1) is 0 Å². The highest BCUT2D eigenvalue weighted by molar-refractivity contribution is 6.02. The van der Waals surface area contributed by atoms with Gasteiger partial charge >= 0.3 is 0 Å². The Balaban J connectivity index is 2.22. The fourth-order valence-corrected chi connectivity index (χ4v) is 2.34. The maximum atomic E-state index is 5.89. The monoisotopic (exact) mass is 276 g/mol. The quantitative estimate of drug-likeness (QED) is 0.868. The van der Waals surface area contributed by atoms with Gasteiger partial charge in [0.15, 0.2) is 0 Å². The minimum atomic E-state index is 0.120. The minimum absolute atomic E-state index is 0.120. The molecule has 1 heterocycles. The molecule has 1 aromatic rings. The van der Waals surface area contributed by atoms with Gasteiger partial charge in [-0.3, -0.25) is 4.99 Å². The number of nitrogens with zero attached hydrogens (tertiary/aromatic N) is 1.